The van der Waals surface area contributed by atoms with Crippen molar-refractivity contribution in [2.24, 2.45) is 22.2 Å². The third-order valence-corrected chi connectivity index (χ3v) is 10.1. The van der Waals surface area contributed by atoms with E-state index in [1.807, 2.05) is 4.90 Å². The lowest BCUT2D eigenvalue weighted by Crippen LogP contribution is -2.57. The summed E-state index contributed by atoms with van der Waals surface area (Å²) in [5.41, 5.74) is 1.38. The van der Waals surface area contributed by atoms with Gasteiger partial charge in [-0.2, -0.15) is 0 Å². The van der Waals surface area contributed by atoms with Crippen molar-refractivity contribution >= 4 is 11.7 Å². The van der Waals surface area contributed by atoms with Gasteiger partial charge in [0.15, 0.2) is 0 Å². The number of aliphatic imine (C=N–C) groups is 1. The summed E-state index contributed by atoms with van der Waals surface area (Å²) in [6, 6.07) is 2.08. The molecule has 6 rings (SSSR count). The first-order chi connectivity index (χ1) is 19.8. The van der Waals surface area contributed by atoms with Gasteiger partial charge in [-0.3, -0.25) is 4.99 Å². The molecule has 2 aliphatic carbocycles. The second-order valence-electron chi connectivity index (χ2n) is 12.7. The zero-order valence-electron chi connectivity index (χ0n) is 23.6. The highest BCUT2D eigenvalue weighted by molar-refractivity contribution is 5.98. The highest BCUT2D eigenvalue weighted by Gasteiger charge is 2.48. The number of rotatable bonds is 7. The minimum Gasteiger partial charge on any atom is -0.358 e. The Labute approximate surface area is 239 Å². The first kappa shape index (κ1) is 28.5. The molecule has 10 heteroatoms. The Balaban J connectivity index is 1.16. The Morgan fingerprint density at radius 3 is 2.61 bits per heavy atom. The summed E-state index contributed by atoms with van der Waals surface area (Å²) in [5.74, 6) is -0.0601. The number of halogens is 4. The molecule has 0 unspecified atom stereocenters. The lowest BCUT2D eigenvalue weighted by Gasteiger charge is -2.50. The van der Waals surface area contributed by atoms with Crippen molar-refractivity contribution < 1.29 is 22.4 Å². The van der Waals surface area contributed by atoms with E-state index in [1.165, 1.54) is 18.6 Å². The van der Waals surface area contributed by atoms with Crippen molar-refractivity contribution in [1.82, 2.24) is 20.0 Å². The van der Waals surface area contributed by atoms with Gasteiger partial charge in [0.1, 0.15) is 18.3 Å². The Bertz CT molecular complexity index is 1170. The number of nitrogens with one attached hydrogen (secondary N) is 1. The molecular formula is C31H41F4N5O. The number of likely N-dealkylation sites (tertiary alicyclic amines) is 2. The summed E-state index contributed by atoms with van der Waals surface area (Å²) in [5, 5.41) is 2.85. The van der Waals surface area contributed by atoms with Crippen molar-refractivity contribution in [1.29, 1.82) is 0 Å². The van der Waals surface area contributed by atoms with Gasteiger partial charge in [-0.1, -0.05) is 12.8 Å². The topological polar surface area (TPSA) is 51.2 Å². The average Bonchev–Trinajstić information content (AvgIpc) is 3.73. The molecule has 2 saturated heterocycles. The molecule has 3 atom stereocenters. The van der Waals surface area contributed by atoms with Crippen LogP contribution >= 0.6 is 0 Å². The minimum atomic E-state index is -2.50. The summed E-state index contributed by atoms with van der Waals surface area (Å²) in [6.07, 6.45) is 10.4. The largest absolute Gasteiger partial charge is 0.358 e. The van der Waals surface area contributed by atoms with Crippen molar-refractivity contribution in [3.63, 3.8) is 0 Å². The number of benzene rings is 1. The molecule has 1 N–H and O–H groups in total. The van der Waals surface area contributed by atoms with Gasteiger partial charge >= 0.3 is 6.03 Å². The van der Waals surface area contributed by atoms with E-state index in [0.29, 0.717) is 44.6 Å². The third kappa shape index (κ3) is 6.27. The molecule has 3 heterocycles. The van der Waals surface area contributed by atoms with E-state index in [2.05, 4.69) is 22.5 Å². The zero-order chi connectivity index (χ0) is 28.6. The molecule has 1 spiro atoms. The van der Waals surface area contributed by atoms with Crippen LogP contribution in [0.25, 0.3) is 0 Å². The SMILES string of the molecule is O=C(N1CC[C@@H](CN2C=CC(C3CC3)=NC2)C2(CCCC2)C1)N1CC[C@@H](NCC(F)F)C[C@H]1c1cc(F)ccc1F. The van der Waals surface area contributed by atoms with Gasteiger partial charge in [-0.05, 0) is 80.6 Å². The van der Waals surface area contributed by atoms with Crippen molar-refractivity contribution in [2.45, 2.75) is 76.3 Å². The van der Waals surface area contributed by atoms with E-state index in [0.717, 1.165) is 56.8 Å². The van der Waals surface area contributed by atoms with Crippen LogP contribution in [0.4, 0.5) is 22.4 Å². The van der Waals surface area contributed by atoms with E-state index in [4.69, 9.17) is 4.99 Å². The number of alkyl halides is 2. The maximum atomic E-state index is 15.0. The molecule has 1 aromatic carbocycles. The summed E-state index contributed by atoms with van der Waals surface area (Å²) >= 11 is 0. The first-order valence-electron chi connectivity index (χ1n) is 15.3. The predicted molar refractivity (Wildman–Crippen MR) is 150 cm³/mol. The standard InChI is InChI=1S/C31H41F4N5O/c32-23-5-6-26(33)25(15-23)28-16-24(36-17-29(34)35)8-14-40(28)30(41)39-13-7-22(31(19-39)10-1-2-11-31)18-38-12-9-27(37-20-38)21-3-4-21/h5-6,9,12,15,21-22,24,28-29,36H,1-4,7-8,10-11,13-14,16-20H2/t22-,24+,28-/m0/s1. The van der Waals surface area contributed by atoms with Crippen LogP contribution in [0.2, 0.25) is 0 Å². The lowest BCUT2D eigenvalue weighted by atomic mass is 9.69. The number of nitrogens with zero attached hydrogens (tertiary/aromatic N) is 4. The fourth-order valence-electron chi connectivity index (χ4n) is 7.68. The summed E-state index contributed by atoms with van der Waals surface area (Å²) < 4.78 is 55.0. The number of urea groups is 1. The summed E-state index contributed by atoms with van der Waals surface area (Å²) in [4.78, 5) is 24.8. The maximum absolute atomic E-state index is 15.0. The third-order valence-electron chi connectivity index (χ3n) is 10.1. The minimum absolute atomic E-state index is 0.0407. The fourth-order valence-corrected chi connectivity index (χ4v) is 7.68. The number of carbonyl (C=O) groups excluding carboxylic acids is 1. The van der Waals surface area contributed by atoms with Gasteiger partial charge in [0, 0.05) is 55.6 Å². The second-order valence-corrected chi connectivity index (χ2v) is 12.7. The molecule has 2 amide bonds. The average molecular weight is 576 g/mol. The number of amides is 2. The van der Waals surface area contributed by atoms with E-state index in [9.17, 15) is 22.4 Å². The Kier molecular flexibility index (Phi) is 8.30. The van der Waals surface area contributed by atoms with Crippen LogP contribution in [0.3, 0.4) is 0 Å². The van der Waals surface area contributed by atoms with Gasteiger partial charge in [0.2, 0.25) is 0 Å². The van der Waals surface area contributed by atoms with Crippen LogP contribution in [0.5, 0.6) is 0 Å². The molecule has 224 valence electrons. The van der Waals surface area contributed by atoms with Gasteiger partial charge in [0.05, 0.1) is 12.6 Å². The number of hydrogen-bond acceptors (Lipinski definition) is 4. The molecule has 41 heavy (non-hydrogen) atoms. The van der Waals surface area contributed by atoms with E-state index < -0.39 is 30.6 Å². The lowest BCUT2D eigenvalue weighted by molar-refractivity contribution is 0.0173. The Morgan fingerprint density at radius 1 is 1.10 bits per heavy atom. The van der Waals surface area contributed by atoms with Crippen LogP contribution < -0.4 is 5.32 Å². The molecule has 1 aromatic rings. The van der Waals surface area contributed by atoms with Crippen molar-refractivity contribution in [3.05, 3.63) is 47.7 Å². The van der Waals surface area contributed by atoms with Gasteiger partial charge in [-0.15, -0.1) is 0 Å². The number of piperidine rings is 2. The number of allylic oxidation sites excluding steroid dienone is 1. The van der Waals surface area contributed by atoms with Crippen LogP contribution in [0.15, 0.2) is 35.5 Å². The Hall–Kier alpha value is -2.62. The second kappa shape index (κ2) is 11.9. The summed E-state index contributed by atoms with van der Waals surface area (Å²) in [6.45, 7) is 2.73. The number of hydrogen-bond donors (Lipinski definition) is 1. The summed E-state index contributed by atoms with van der Waals surface area (Å²) in [7, 11) is 0. The van der Waals surface area contributed by atoms with Crippen LogP contribution in [-0.4, -0.2) is 78.3 Å². The monoisotopic (exact) mass is 575 g/mol. The van der Waals surface area contributed by atoms with Crippen molar-refractivity contribution in [3.8, 4) is 0 Å². The molecule has 4 fully saturated rings. The van der Waals surface area contributed by atoms with Crippen molar-refractivity contribution in [2.75, 3.05) is 39.4 Å². The fraction of sp³-hybridized carbons (Fsp3) is 0.677. The van der Waals surface area contributed by atoms with Gasteiger partial charge in [0.25, 0.3) is 6.43 Å². The normalized spacial score (nSPS) is 28.1. The quantitative estimate of drug-likeness (QED) is 0.408. The number of carbonyl (C=O) groups is 1. The molecule has 3 aliphatic heterocycles. The molecular weight excluding hydrogens is 534 g/mol. The van der Waals surface area contributed by atoms with E-state index >= 15 is 0 Å². The van der Waals surface area contributed by atoms with Gasteiger partial charge in [-0.25, -0.2) is 22.4 Å². The molecule has 6 nitrogen and oxygen atoms in total. The van der Waals surface area contributed by atoms with E-state index in [-0.39, 0.29) is 29.5 Å². The van der Waals surface area contributed by atoms with Crippen LogP contribution in [-0.2, 0) is 0 Å². The molecule has 2 saturated carbocycles. The highest BCUT2D eigenvalue weighted by Crippen LogP contribution is 2.49. The van der Waals surface area contributed by atoms with Crippen LogP contribution in [0, 0.1) is 28.9 Å². The first-order valence-corrected chi connectivity index (χ1v) is 15.3. The smallest absolute Gasteiger partial charge is 0.320 e. The highest BCUT2D eigenvalue weighted by atomic mass is 19.3. The predicted octanol–water partition coefficient (Wildman–Crippen LogP) is 5.97. The molecule has 5 aliphatic rings. The van der Waals surface area contributed by atoms with E-state index in [1.54, 1.807) is 4.90 Å². The molecule has 0 radical (unpaired) electrons. The van der Waals surface area contributed by atoms with Crippen LogP contribution in [0.1, 0.15) is 69.4 Å². The zero-order valence-corrected chi connectivity index (χ0v) is 23.6. The maximum Gasteiger partial charge on any atom is 0.320 e. The molecule has 0 aromatic heterocycles. The molecule has 0 bridgehead atoms. The Morgan fingerprint density at radius 2 is 1.90 bits per heavy atom. The van der Waals surface area contributed by atoms with Gasteiger partial charge < -0.3 is 20.0 Å².